The van der Waals surface area contributed by atoms with E-state index < -0.39 is 0 Å². The maximum absolute atomic E-state index is 4.39. The summed E-state index contributed by atoms with van der Waals surface area (Å²) < 4.78 is 0.889. The molecular formula is C44H60Rh4S8-16. The van der Waals surface area contributed by atoms with Crippen LogP contribution in [0.3, 0.4) is 0 Å². The molecule has 4 radical (unpaired) electrons. The monoisotopic (exact) mass is 1260 g/mol. The first-order valence-corrected chi connectivity index (χ1v) is 20.4. The van der Waals surface area contributed by atoms with E-state index in [0.717, 1.165) is 0 Å². The largest absolute Gasteiger partial charge is 0.810 e. The van der Waals surface area contributed by atoms with Crippen LogP contribution in [0.25, 0.3) is 0 Å². The summed E-state index contributed by atoms with van der Waals surface area (Å²) in [6.07, 6.45) is 0. The first-order valence-electron chi connectivity index (χ1n) is 17.1. The number of rotatable bonds is 0. The van der Waals surface area contributed by atoms with E-state index in [1.165, 1.54) is 111 Å². The fraction of sp³-hybridized carbons (Fsp3) is 0.455. The normalized spacial score (nSPS) is 9.07. The standard InChI is InChI=1S/4C10H15.2C2H4S4.4Rh/c4*1-6-7(2)9(4)10(5)8(6)3;2*3-1(4)2(5)6;;;;/h4*1-5H3;2*3-6H;;;;/q-5;3*-1;;;;;;/p-8. The van der Waals surface area contributed by atoms with Gasteiger partial charge in [0.1, 0.15) is 0 Å². The summed E-state index contributed by atoms with van der Waals surface area (Å²) in [5, 5.41) is 0. The summed E-state index contributed by atoms with van der Waals surface area (Å²) in [7, 11) is 0. The molecular weight excluding hydrogens is 1200 g/mol. The SMILES string of the molecule is C[c-]1[c-](C)[c-](C)[c-](C)[c-]1C.Cc1c(C)c(C)[c-](C)c1C.Cc1c(C)c(C)[c-](C)c1C.Cc1c(C)c(C)[c-](C)c1C.[Rh].[Rh].[Rh].[Rh].[S-]C([S-])=C([S-])[S-].[S-]C([S-])=C([S-])[S-]. The minimum Gasteiger partial charge on any atom is -0.810 e. The van der Waals surface area contributed by atoms with E-state index in [9.17, 15) is 0 Å². The van der Waals surface area contributed by atoms with Crippen molar-refractivity contribution in [2.75, 3.05) is 0 Å². The van der Waals surface area contributed by atoms with Gasteiger partial charge in [-0.05, 0) is 0 Å². The maximum atomic E-state index is 4.39. The molecule has 336 valence electrons. The fourth-order valence-corrected chi connectivity index (χ4v) is 5.62. The third-order valence-electron chi connectivity index (χ3n) is 11.6. The molecule has 12 heteroatoms. The quantitative estimate of drug-likeness (QED) is 0.0958. The molecule has 0 atom stereocenters. The van der Waals surface area contributed by atoms with Crippen molar-refractivity contribution in [3.05, 3.63) is 128 Å². The van der Waals surface area contributed by atoms with Gasteiger partial charge in [-0.3, -0.25) is 0 Å². The van der Waals surface area contributed by atoms with Crippen LogP contribution >= 0.6 is 0 Å². The Hall–Kier alpha value is 1.13. The maximum Gasteiger partial charge on any atom is 0 e. The average molecular weight is 1260 g/mol. The molecule has 4 aromatic carbocycles. The van der Waals surface area contributed by atoms with Crippen LogP contribution in [0.15, 0.2) is 16.9 Å². The van der Waals surface area contributed by atoms with Crippen LogP contribution in [0.1, 0.15) is 111 Å². The third-order valence-corrected chi connectivity index (χ3v) is 14.2. The summed E-state index contributed by atoms with van der Waals surface area (Å²) in [5.74, 6) is 0. The Bertz CT molecular complexity index is 1260. The minimum atomic E-state index is 0. The molecule has 0 unspecified atom stereocenters. The van der Waals surface area contributed by atoms with Crippen molar-refractivity contribution < 1.29 is 77.9 Å². The van der Waals surface area contributed by atoms with Gasteiger partial charge in [0.05, 0.1) is 0 Å². The molecule has 0 aromatic heterocycles. The van der Waals surface area contributed by atoms with Gasteiger partial charge in [-0.1, -0.05) is 104 Å². The molecule has 0 spiro atoms. The van der Waals surface area contributed by atoms with Gasteiger partial charge < -0.3 is 146 Å². The Morgan fingerprint density at radius 2 is 0.339 bits per heavy atom. The molecule has 0 aliphatic carbocycles. The van der Waals surface area contributed by atoms with E-state index in [1.807, 2.05) is 0 Å². The van der Waals surface area contributed by atoms with Crippen molar-refractivity contribution in [2.24, 2.45) is 0 Å². The van der Waals surface area contributed by atoms with Crippen molar-refractivity contribution in [1.82, 2.24) is 0 Å². The smallest absolute Gasteiger partial charge is 0 e. The van der Waals surface area contributed by atoms with Crippen LogP contribution in [0.5, 0.6) is 0 Å². The van der Waals surface area contributed by atoms with Crippen molar-refractivity contribution in [3.8, 4) is 0 Å². The van der Waals surface area contributed by atoms with Crippen LogP contribution < -0.4 is 0 Å². The second-order valence-electron chi connectivity index (χ2n) is 13.6. The first-order chi connectivity index (χ1) is 23.5. The summed E-state index contributed by atoms with van der Waals surface area (Å²) in [6, 6.07) is 0. The van der Waals surface area contributed by atoms with Gasteiger partial charge in [0.15, 0.2) is 0 Å². The van der Waals surface area contributed by atoms with Gasteiger partial charge in [-0.25, -0.2) is 34.6 Å². The fourth-order valence-electron chi connectivity index (χ4n) is 5.62. The molecule has 4 rings (SSSR count). The van der Waals surface area contributed by atoms with E-state index in [2.05, 4.69) is 240 Å². The molecule has 0 aliphatic heterocycles. The van der Waals surface area contributed by atoms with E-state index in [0.29, 0.717) is 0 Å². The molecule has 0 aliphatic rings. The molecule has 56 heavy (non-hydrogen) atoms. The van der Waals surface area contributed by atoms with Gasteiger partial charge in [-0.15, -0.1) is 0 Å². The topological polar surface area (TPSA) is 0 Å². The predicted molar refractivity (Wildman–Crippen MR) is 256 cm³/mol. The molecule has 0 saturated heterocycles. The number of hydrogen-bond donors (Lipinski definition) is 0. The molecule has 0 nitrogen and oxygen atoms in total. The average Bonchev–Trinajstić information content (AvgIpc) is 3.53. The van der Waals surface area contributed by atoms with Gasteiger partial charge in [0.2, 0.25) is 0 Å². The predicted octanol–water partition coefficient (Wildman–Crippen LogP) is 12.4. The molecule has 0 heterocycles. The third kappa shape index (κ3) is 20.3. The van der Waals surface area contributed by atoms with Crippen molar-refractivity contribution in [3.63, 3.8) is 0 Å². The Labute approximate surface area is 440 Å². The van der Waals surface area contributed by atoms with Crippen LogP contribution in [0.4, 0.5) is 0 Å². The van der Waals surface area contributed by atoms with Crippen LogP contribution in [0.2, 0.25) is 0 Å². The zero-order chi connectivity index (χ0) is 41.9. The summed E-state index contributed by atoms with van der Waals surface area (Å²) in [6.45, 7) is 44.0. The zero-order valence-electron chi connectivity index (χ0n) is 36.6. The van der Waals surface area contributed by atoms with E-state index in [-0.39, 0.29) is 94.9 Å². The van der Waals surface area contributed by atoms with Crippen LogP contribution in [-0.2, 0) is 179 Å². The molecule has 0 fully saturated rings. The molecule has 4 aromatic rings. The minimum absolute atomic E-state index is 0. The first kappa shape index (κ1) is 68.9. The van der Waals surface area contributed by atoms with Crippen LogP contribution in [0, 0.1) is 138 Å². The summed E-state index contributed by atoms with van der Waals surface area (Å²) in [4.78, 5) is 0. The Morgan fingerprint density at radius 1 is 0.250 bits per heavy atom. The zero-order valence-corrected chi connectivity index (χ0v) is 49.7. The molecule has 0 saturated carbocycles. The second-order valence-corrected chi connectivity index (χ2v) is 17.9. The van der Waals surface area contributed by atoms with Gasteiger partial charge in [0, 0.05) is 77.9 Å². The summed E-state index contributed by atoms with van der Waals surface area (Å²) >= 11 is 35.1. The Balaban J connectivity index is -0.000000134. The molecule has 0 bridgehead atoms. The second kappa shape index (κ2) is 31.9. The van der Waals surface area contributed by atoms with Crippen molar-refractivity contribution in [1.29, 1.82) is 0 Å². The number of hydrogen-bond acceptors (Lipinski definition) is 8. The van der Waals surface area contributed by atoms with E-state index in [1.54, 1.807) is 0 Å². The van der Waals surface area contributed by atoms with Gasteiger partial charge in [-0.2, -0.15) is 83.5 Å². The van der Waals surface area contributed by atoms with Crippen molar-refractivity contribution >= 4 is 101 Å². The molecule has 0 amide bonds. The van der Waals surface area contributed by atoms with E-state index >= 15 is 0 Å². The molecule has 0 N–H and O–H groups in total. The Morgan fingerprint density at radius 3 is 0.375 bits per heavy atom. The van der Waals surface area contributed by atoms with E-state index in [4.69, 9.17) is 0 Å². The Kier molecular flexibility index (Phi) is 39.2. The summed E-state index contributed by atoms with van der Waals surface area (Å²) in [5.41, 5.74) is 29.4. The van der Waals surface area contributed by atoms with Crippen molar-refractivity contribution in [2.45, 2.75) is 138 Å². The van der Waals surface area contributed by atoms with Gasteiger partial charge >= 0.3 is 0 Å². The van der Waals surface area contributed by atoms with Gasteiger partial charge in [0.25, 0.3) is 0 Å². The van der Waals surface area contributed by atoms with Crippen LogP contribution in [-0.4, -0.2) is 0 Å².